The topological polar surface area (TPSA) is 54.7 Å². The monoisotopic (exact) mass is 265 g/mol. The summed E-state index contributed by atoms with van der Waals surface area (Å²) in [7, 11) is 0. The van der Waals surface area contributed by atoms with Gasteiger partial charge in [-0.1, -0.05) is 12.1 Å². The molecule has 0 saturated heterocycles. The quantitative estimate of drug-likeness (QED) is 0.907. The standard InChI is InChI=1S/C17H19N3/c1-12-8-15-16(19)6-3-7-17(15)20(12)11-14-5-2-4-13(9-14)10-18/h2,4-5,8-9,16H,3,6-7,11,19H2,1H3. The van der Waals surface area contributed by atoms with Gasteiger partial charge in [-0.25, -0.2) is 0 Å². The first-order chi connectivity index (χ1) is 9.69. The molecule has 0 fully saturated rings. The fourth-order valence-electron chi connectivity index (χ4n) is 3.14. The molecule has 3 nitrogen and oxygen atoms in total. The Hall–Kier alpha value is -2.05. The zero-order valence-electron chi connectivity index (χ0n) is 11.8. The summed E-state index contributed by atoms with van der Waals surface area (Å²) in [5.74, 6) is 0. The number of hydrogen-bond acceptors (Lipinski definition) is 2. The maximum atomic E-state index is 9.00. The van der Waals surface area contributed by atoms with E-state index in [4.69, 9.17) is 11.0 Å². The zero-order chi connectivity index (χ0) is 14.1. The number of aromatic nitrogens is 1. The lowest BCUT2D eigenvalue weighted by atomic mass is 9.93. The van der Waals surface area contributed by atoms with Crippen molar-refractivity contribution >= 4 is 0 Å². The largest absolute Gasteiger partial charge is 0.344 e. The zero-order valence-corrected chi connectivity index (χ0v) is 11.8. The Morgan fingerprint density at radius 1 is 1.40 bits per heavy atom. The van der Waals surface area contributed by atoms with Gasteiger partial charge >= 0.3 is 0 Å². The summed E-state index contributed by atoms with van der Waals surface area (Å²) < 4.78 is 2.35. The first-order valence-electron chi connectivity index (χ1n) is 7.12. The van der Waals surface area contributed by atoms with Crippen molar-refractivity contribution in [3.05, 3.63) is 58.4 Å². The van der Waals surface area contributed by atoms with Gasteiger partial charge in [0.1, 0.15) is 0 Å². The number of benzene rings is 1. The van der Waals surface area contributed by atoms with Crippen molar-refractivity contribution in [1.82, 2.24) is 4.57 Å². The van der Waals surface area contributed by atoms with E-state index in [1.54, 1.807) is 0 Å². The lowest BCUT2D eigenvalue weighted by Gasteiger charge is -2.21. The molecule has 1 aliphatic carbocycles. The molecule has 0 saturated carbocycles. The van der Waals surface area contributed by atoms with Crippen LogP contribution < -0.4 is 5.73 Å². The van der Waals surface area contributed by atoms with Gasteiger partial charge in [0.15, 0.2) is 0 Å². The molecule has 1 aromatic heterocycles. The molecule has 3 rings (SSSR count). The molecule has 3 heteroatoms. The van der Waals surface area contributed by atoms with E-state index in [1.165, 1.54) is 22.5 Å². The second-order valence-corrected chi connectivity index (χ2v) is 5.58. The first kappa shape index (κ1) is 13.0. The summed E-state index contributed by atoms with van der Waals surface area (Å²) in [6.45, 7) is 2.96. The van der Waals surface area contributed by atoms with Crippen LogP contribution in [-0.4, -0.2) is 4.57 Å². The third-order valence-corrected chi connectivity index (χ3v) is 4.17. The molecule has 0 radical (unpaired) electrons. The summed E-state index contributed by atoms with van der Waals surface area (Å²) in [6, 6.07) is 12.5. The number of nitrogens with two attached hydrogens (primary N) is 1. The van der Waals surface area contributed by atoms with Gasteiger partial charge in [0, 0.05) is 24.0 Å². The first-order valence-corrected chi connectivity index (χ1v) is 7.12. The number of fused-ring (bicyclic) bond motifs is 1. The summed E-state index contributed by atoms with van der Waals surface area (Å²) in [5, 5.41) is 9.00. The van der Waals surface area contributed by atoms with Gasteiger partial charge < -0.3 is 10.3 Å². The van der Waals surface area contributed by atoms with Crippen LogP contribution in [0.4, 0.5) is 0 Å². The van der Waals surface area contributed by atoms with Gasteiger partial charge in [0.05, 0.1) is 11.6 Å². The van der Waals surface area contributed by atoms with Crippen LogP contribution >= 0.6 is 0 Å². The van der Waals surface area contributed by atoms with E-state index in [1.807, 2.05) is 18.2 Å². The summed E-state index contributed by atoms with van der Waals surface area (Å²) in [5.41, 5.74) is 12.1. The molecule has 1 unspecified atom stereocenters. The molecule has 20 heavy (non-hydrogen) atoms. The number of nitrogens with zero attached hydrogens (tertiary/aromatic N) is 2. The van der Waals surface area contributed by atoms with E-state index in [-0.39, 0.29) is 6.04 Å². The third-order valence-electron chi connectivity index (χ3n) is 4.17. The van der Waals surface area contributed by atoms with E-state index >= 15 is 0 Å². The summed E-state index contributed by atoms with van der Waals surface area (Å²) in [6.07, 6.45) is 3.35. The van der Waals surface area contributed by atoms with Crippen molar-refractivity contribution in [3.63, 3.8) is 0 Å². The third kappa shape index (κ3) is 2.23. The van der Waals surface area contributed by atoms with Gasteiger partial charge in [-0.3, -0.25) is 0 Å². The van der Waals surface area contributed by atoms with Crippen LogP contribution in [0.5, 0.6) is 0 Å². The normalized spacial score (nSPS) is 17.6. The van der Waals surface area contributed by atoms with Crippen LogP contribution in [-0.2, 0) is 13.0 Å². The highest BCUT2D eigenvalue weighted by Gasteiger charge is 2.21. The van der Waals surface area contributed by atoms with Crippen molar-refractivity contribution in [2.24, 2.45) is 5.73 Å². The molecule has 0 bridgehead atoms. The Labute approximate surface area is 119 Å². The van der Waals surface area contributed by atoms with Crippen molar-refractivity contribution in [1.29, 1.82) is 5.26 Å². The lowest BCUT2D eigenvalue weighted by molar-refractivity contribution is 0.546. The summed E-state index contributed by atoms with van der Waals surface area (Å²) in [4.78, 5) is 0. The van der Waals surface area contributed by atoms with Gasteiger partial charge in [0.2, 0.25) is 0 Å². The minimum atomic E-state index is 0.184. The van der Waals surface area contributed by atoms with Gasteiger partial charge in [-0.2, -0.15) is 5.26 Å². The maximum Gasteiger partial charge on any atom is 0.0991 e. The molecular formula is C17H19N3. The van der Waals surface area contributed by atoms with Gasteiger partial charge in [-0.15, -0.1) is 0 Å². The minimum Gasteiger partial charge on any atom is -0.344 e. The van der Waals surface area contributed by atoms with E-state index in [2.05, 4.69) is 29.7 Å². The van der Waals surface area contributed by atoms with E-state index in [9.17, 15) is 0 Å². The Balaban J connectivity index is 1.97. The molecule has 2 N–H and O–H groups in total. The Bertz CT molecular complexity index is 676. The molecule has 1 aliphatic rings. The van der Waals surface area contributed by atoms with Gasteiger partial charge in [0.25, 0.3) is 0 Å². The predicted octanol–water partition coefficient (Wildman–Crippen LogP) is 3.05. The average Bonchev–Trinajstić information content (AvgIpc) is 2.78. The highest BCUT2D eigenvalue weighted by molar-refractivity contribution is 5.36. The fraction of sp³-hybridized carbons (Fsp3) is 0.353. The van der Waals surface area contributed by atoms with Crippen molar-refractivity contribution in [3.8, 4) is 6.07 Å². The van der Waals surface area contributed by atoms with Crippen LogP contribution in [0.25, 0.3) is 0 Å². The predicted molar refractivity (Wildman–Crippen MR) is 79.3 cm³/mol. The number of aryl methyl sites for hydroxylation is 1. The molecule has 1 atom stereocenters. The average molecular weight is 265 g/mol. The highest BCUT2D eigenvalue weighted by atomic mass is 15.0. The molecule has 1 heterocycles. The van der Waals surface area contributed by atoms with Crippen LogP contribution in [0.3, 0.4) is 0 Å². The smallest absolute Gasteiger partial charge is 0.0991 e. The Kier molecular flexibility index (Phi) is 3.33. The maximum absolute atomic E-state index is 9.00. The van der Waals surface area contributed by atoms with E-state index in [0.29, 0.717) is 0 Å². The molecule has 2 aromatic rings. The van der Waals surface area contributed by atoms with Crippen molar-refractivity contribution < 1.29 is 0 Å². The molecule has 102 valence electrons. The highest BCUT2D eigenvalue weighted by Crippen LogP contribution is 2.31. The summed E-state index contributed by atoms with van der Waals surface area (Å²) >= 11 is 0. The second-order valence-electron chi connectivity index (χ2n) is 5.58. The van der Waals surface area contributed by atoms with Crippen molar-refractivity contribution in [2.75, 3.05) is 0 Å². The SMILES string of the molecule is Cc1cc2c(n1Cc1cccc(C#N)c1)CCCC2N. The van der Waals surface area contributed by atoms with Crippen LogP contribution in [0.2, 0.25) is 0 Å². The molecular weight excluding hydrogens is 246 g/mol. The number of nitriles is 1. The Morgan fingerprint density at radius 2 is 2.25 bits per heavy atom. The fourth-order valence-corrected chi connectivity index (χ4v) is 3.14. The second kappa shape index (κ2) is 5.15. The van der Waals surface area contributed by atoms with Crippen LogP contribution in [0.15, 0.2) is 30.3 Å². The number of rotatable bonds is 2. The number of hydrogen-bond donors (Lipinski definition) is 1. The Morgan fingerprint density at radius 3 is 3.05 bits per heavy atom. The molecule has 0 amide bonds. The van der Waals surface area contributed by atoms with Crippen LogP contribution in [0.1, 0.15) is 47.0 Å². The van der Waals surface area contributed by atoms with E-state index < -0.39 is 0 Å². The minimum absolute atomic E-state index is 0.184. The van der Waals surface area contributed by atoms with E-state index in [0.717, 1.165) is 31.4 Å². The van der Waals surface area contributed by atoms with Gasteiger partial charge in [-0.05, 0) is 55.5 Å². The lowest BCUT2D eigenvalue weighted by Crippen LogP contribution is -2.18. The van der Waals surface area contributed by atoms with Crippen molar-refractivity contribution in [2.45, 2.75) is 38.8 Å². The molecule has 0 aliphatic heterocycles. The molecule has 0 spiro atoms. The molecule has 1 aromatic carbocycles. The van der Waals surface area contributed by atoms with Crippen LogP contribution in [0, 0.1) is 18.3 Å².